The third kappa shape index (κ3) is 8.32. The van der Waals surface area contributed by atoms with Crippen LogP contribution in [0.1, 0.15) is 90.0 Å². The summed E-state index contributed by atoms with van der Waals surface area (Å²) < 4.78 is 0. The van der Waals surface area contributed by atoms with Crippen molar-refractivity contribution in [1.82, 2.24) is 0 Å². The lowest BCUT2D eigenvalue weighted by atomic mass is 9.78. The fourth-order valence-corrected chi connectivity index (χ4v) is 4.17. The van der Waals surface area contributed by atoms with Crippen LogP contribution in [0.3, 0.4) is 0 Å². The first-order valence-corrected chi connectivity index (χ1v) is 11.3. The van der Waals surface area contributed by atoms with Crippen molar-refractivity contribution >= 4 is 12.4 Å². The van der Waals surface area contributed by atoms with Crippen LogP contribution < -0.4 is 0 Å². The third-order valence-corrected chi connectivity index (χ3v) is 5.77. The Hall–Kier alpha value is -1.57. The van der Waals surface area contributed by atoms with E-state index in [9.17, 15) is 0 Å². The van der Waals surface area contributed by atoms with Gasteiger partial charge in [0.15, 0.2) is 12.4 Å². The van der Waals surface area contributed by atoms with Gasteiger partial charge in [0.2, 0.25) is 6.17 Å². The maximum atomic E-state index is 4.60. The number of hydrogen-bond acceptors (Lipinski definition) is 2. The molecule has 0 spiro atoms. The molecule has 2 rings (SSSR count). The normalized spacial score (nSPS) is 15.4. The summed E-state index contributed by atoms with van der Waals surface area (Å²) in [5.41, 5.74) is 1.46. The molecule has 1 heterocycles. The minimum atomic E-state index is 0.500. The zero-order valence-corrected chi connectivity index (χ0v) is 17.6. The molecule has 2 unspecified atom stereocenters. The fraction of sp³-hybridized carbons (Fsp3) is 0.640. The summed E-state index contributed by atoms with van der Waals surface area (Å²) >= 11 is 0. The van der Waals surface area contributed by atoms with Gasteiger partial charge in [0.05, 0.1) is 5.92 Å². The van der Waals surface area contributed by atoms with Gasteiger partial charge in [-0.3, -0.25) is 0 Å². The monoisotopic (exact) mass is 367 g/mol. The lowest BCUT2D eigenvalue weighted by Crippen LogP contribution is -2.22. The number of rotatable bonds is 15. The maximum Gasteiger partial charge on any atom is 0.244 e. The van der Waals surface area contributed by atoms with Gasteiger partial charge < -0.3 is 0 Å². The zero-order chi connectivity index (χ0) is 19.2. The predicted octanol–water partition coefficient (Wildman–Crippen LogP) is 7.44. The van der Waals surface area contributed by atoms with Gasteiger partial charge >= 0.3 is 0 Å². The van der Waals surface area contributed by atoms with E-state index in [1.807, 2.05) is 12.4 Å². The lowest BCUT2D eigenvalue weighted by molar-refractivity contribution is 0.286. The van der Waals surface area contributed by atoms with Crippen molar-refractivity contribution in [3.05, 3.63) is 42.1 Å². The largest absolute Gasteiger partial charge is 0.244 e. The molecule has 2 nitrogen and oxygen atoms in total. The minimum absolute atomic E-state index is 0.500. The summed E-state index contributed by atoms with van der Waals surface area (Å²) in [5.74, 6) is 1.15. The van der Waals surface area contributed by atoms with Gasteiger partial charge in [0.1, 0.15) is 0 Å². The van der Waals surface area contributed by atoms with Gasteiger partial charge in [-0.05, 0) is 30.7 Å². The van der Waals surface area contributed by atoms with Gasteiger partial charge in [0.25, 0.3) is 0 Å². The highest BCUT2D eigenvalue weighted by Gasteiger charge is 2.35. The molecule has 0 bridgehead atoms. The molecule has 1 aliphatic heterocycles. The molecular formula is C25H39N2+. The zero-order valence-electron chi connectivity index (χ0n) is 17.6. The summed E-state index contributed by atoms with van der Waals surface area (Å²) in [5, 5.41) is 0. The Bertz CT molecular complexity index is 523. The van der Waals surface area contributed by atoms with Crippen LogP contribution in [0.5, 0.6) is 0 Å². The number of benzene rings is 1. The molecule has 0 saturated carbocycles. The van der Waals surface area contributed by atoms with Crippen molar-refractivity contribution in [3.8, 4) is 0 Å². The SMILES string of the molecule is CCCCCCCCCC(Cc1ccccc1)C(CCCC)[C+]1N=CC=N1. The van der Waals surface area contributed by atoms with Crippen LogP contribution >= 0.6 is 0 Å². The molecule has 2 atom stereocenters. The summed E-state index contributed by atoms with van der Waals surface area (Å²) in [6, 6.07) is 11.0. The van der Waals surface area contributed by atoms with Crippen LogP contribution in [0.15, 0.2) is 40.3 Å². The quantitative estimate of drug-likeness (QED) is 0.227. The third-order valence-electron chi connectivity index (χ3n) is 5.77. The van der Waals surface area contributed by atoms with Gasteiger partial charge in [0, 0.05) is 0 Å². The van der Waals surface area contributed by atoms with E-state index in [-0.39, 0.29) is 0 Å². The van der Waals surface area contributed by atoms with Crippen molar-refractivity contribution in [2.24, 2.45) is 21.8 Å². The van der Waals surface area contributed by atoms with E-state index >= 15 is 0 Å². The van der Waals surface area contributed by atoms with Gasteiger partial charge in [-0.1, -0.05) is 112 Å². The topological polar surface area (TPSA) is 24.7 Å². The average molecular weight is 368 g/mol. The highest BCUT2D eigenvalue weighted by atomic mass is 15.0. The molecule has 1 aromatic rings. The molecule has 0 saturated heterocycles. The maximum absolute atomic E-state index is 4.60. The Balaban J connectivity index is 1.94. The second kappa shape index (κ2) is 13.6. The van der Waals surface area contributed by atoms with Crippen LogP contribution in [0.4, 0.5) is 0 Å². The molecule has 0 aromatic heterocycles. The first kappa shape index (κ1) is 21.7. The Morgan fingerprint density at radius 2 is 1.37 bits per heavy atom. The van der Waals surface area contributed by atoms with Crippen molar-refractivity contribution in [2.75, 3.05) is 0 Å². The number of aliphatic imine (C=N–C) groups is 2. The molecule has 0 amide bonds. The first-order chi connectivity index (χ1) is 13.3. The Kier molecular flexibility index (Phi) is 10.9. The smallest absolute Gasteiger partial charge is 0.0965 e. The van der Waals surface area contributed by atoms with E-state index in [2.05, 4.69) is 54.2 Å². The lowest BCUT2D eigenvalue weighted by Gasteiger charge is -2.26. The van der Waals surface area contributed by atoms with Gasteiger partial charge in [-0.25, -0.2) is 0 Å². The Morgan fingerprint density at radius 3 is 2.04 bits per heavy atom. The molecule has 1 aliphatic rings. The van der Waals surface area contributed by atoms with E-state index in [0.29, 0.717) is 11.8 Å². The molecule has 27 heavy (non-hydrogen) atoms. The molecule has 1 aromatic carbocycles. The molecule has 0 N–H and O–H groups in total. The number of hydrogen-bond donors (Lipinski definition) is 0. The minimum Gasteiger partial charge on any atom is -0.0965 e. The van der Waals surface area contributed by atoms with Crippen LogP contribution in [0, 0.1) is 18.0 Å². The van der Waals surface area contributed by atoms with Crippen LogP contribution in [-0.4, -0.2) is 12.4 Å². The molecule has 0 fully saturated rings. The van der Waals surface area contributed by atoms with E-state index < -0.39 is 0 Å². The Morgan fingerprint density at radius 1 is 0.741 bits per heavy atom. The second-order valence-corrected chi connectivity index (χ2v) is 8.02. The molecule has 0 radical (unpaired) electrons. The fourth-order valence-electron chi connectivity index (χ4n) is 4.17. The van der Waals surface area contributed by atoms with Crippen molar-refractivity contribution < 1.29 is 0 Å². The number of nitrogens with zero attached hydrogens (tertiary/aromatic N) is 2. The standard InChI is InChI=1S/C25H39N2/c1-3-5-7-8-9-10-14-17-23(21-22-15-12-11-13-16-22)24(18-6-4-2)25-26-19-20-27-25/h11-13,15-16,19-20,23-24H,3-10,14,17-18,21H2,1-2H3/q+1. The predicted molar refractivity (Wildman–Crippen MR) is 119 cm³/mol. The summed E-state index contributed by atoms with van der Waals surface area (Å²) in [6.07, 6.45) is 20.6. The molecule has 0 aliphatic carbocycles. The highest BCUT2D eigenvalue weighted by molar-refractivity contribution is 6.18. The van der Waals surface area contributed by atoms with E-state index in [0.717, 1.165) is 12.6 Å². The van der Waals surface area contributed by atoms with Gasteiger partial charge in [-0.2, -0.15) is 0 Å². The Labute approximate surface area is 167 Å². The van der Waals surface area contributed by atoms with Crippen LogP contribution in [0.25, 0.3) is 0 Å². The highest BCUT2D eigenvalue weighted by Crippen LogP contribution is 2.36. The van der Waals surface area contributed by atoms with Crippen LogP contribution in [-0.2, 0) is 6.42 Å². The summed E-state index contributed by atoms with van der Waals surface area (Å²) in [4.78, 5) is 9.20. The molecular weight excluding hydrogens is 328 g/mol. The average Bonchev–Trinajstić information content (AvgIpc) is 3.22. The van der Waals surface area contributed by atoms with Crippen LogP contribution in [0.2, 0.25) is 0 Å². The molecule has 2 heteroatoms. The second-order valence-electron chi connectivity index (χ2n) is 8.02. The van der Waals surface area contributed by atoms with Crippen molar-refractivity contribution in [2.45, 2.75) is 90.9 Å². The molecule has 148 valence electrons. The number of unbranched alkanes of at least 4 members (excludes halogenated alkanes) is 7. The van der Waals surface area contributed by atoms with Crippen molar-refractivity contribution in [3.63, 3.8) is 0 Å². The van der Waals surface area contributed by atoms with Crippen molar-refractivity contribution in [1.29, 1.82) is 0 Å². The first-order valence-electron chi connectivity index (χ1n) is 11.3. The van der Waals surface area contributed by atoms with E-state index in [1.165, 1.54) is 76.2 Å². The van der Waals surface area contributed by atoms with E-state index in [4.69, 9.17) is 0 Å². The summed E-state index contributed by atoms with van der Waals surface area (Å²) in [7, 11) is 0. The van der Waals surface area contributed by atoms with Gasteiger partial charge in [-0.15, -0.1) is 0 Å². The summed E-state index contributed by atoms with van der Waals surface area (Å²) in [6.45, 7) is 4.57. The van der Waals surface area contributed by atoms with E-state index in [1.54, 1.807) is 0 Å².